The lowest BCUT2D eigenvalue weighted by Gasteiger charge is -2.12. The fraction of sp³-hybridized carbons (Fsp3) is 0.286. The highest BCUT2D eigenvalue weighted by molar-refractivity contribution is 5.86. The first-order valence-electron chi connectivity index (χ1n) is 6.09. The van der Waals surface area contributed by atoms with Crippen molar-refractivity contribution in [2.75, 3.05) is 0 Å². The largest absolute Gasteiger partial charge is 0.475 e. The molecule has 0 aromatic carbocycles. The van der Waals surface area contributed by atoms with Crippen LogP contribution >= 0.6 is 0 Å². The van der Waals surface area contributed by atoms with Gasteiger partial charge in [0, 0.05) is 36.5 Å². The van der Waals surface area contributed by atoms with Crippen LogP contribution in [0.5, 0.6) is 0 Å². The van der Waals surface area contributed by atoms with Gasteiger partial charge in [0.05, 0.1) is 6.26 Å². The molecule has 2 N–H and O–H groups in total. The second kappa shape index (κ2) is 6.15. The summed E-state index contributed by atoms with van der Waals surface area (Å²) in [7, 11) is 0. The van der Waals surface area contributed by atoms with Gasteiger partial charge >= 0.3 is 5.97 Å². The van der Waals surface area contributed by atoms with Crippen molar-refractivity contribution in [1.29, 1.82) is 0 Å². The van der Waals surface area contributed by atoms with Crippen LogP contribution in [-0.4, -0.2) is 22.1 Å². The minimum absolute atomic E-state index is 0.00228. The number of furan rings is 1. The summed E-state index contributed by atoms with van der Waals surface area (Å²) >= 11 is 0. The molecule has 100 valence electrons. The van der Waals surface area contributed by atoms with Crippen molar-refractivity contribution in [2.45, 2.75) is 25.9 Å². The minimum Gasteiger partial charge on any atom is -0.475 e. The molecule has 0 saturated heterocycles. The molecule has 0 aliphatic heterocycles. The summed E-state index contributed by atoms with van der Waals surface area (Å²) in [5, 5.41) is 12.2. The molecule has 0 radical (unpaired) electrons. The van der Waals surface area contributed by atoms with Crippen molar-refractivity contribution in [3.63, 3.8) is 0 Å². The fourth-order valence-electron chi connectivity index (χ4n) is 1.85. The predicted octanol–water partition coefficient (Wildman–Crippen LogP) is 2.09. The number of pyridine rings is 1. The number of hydrogen-bond donors (Lipinski definition) is 2. The summed E-state index contributed by atoms with van der Waals surface area (Å²) in [6.07, 6.45) is 3.95. The van der Waals surface area contributed by atoms with E-state index in [-0.39, 0.29) is 11.8 Å². The fourth-order valence-corrected chi connectivity index (χ4v) is 1.85. The van der Waals surface area contributed by atoms with Crippen LogP contribution in [0.2, 0.25) is 0 Å². The van der Waals surface area contributed by atoms with E-state index in [0.717, 1.165) is 12.1 Å². The van der Waals surface area contributed by atoms with E-state index in [9.17, 15) is 4.79 Å². The van der Waals surface area contributed by atoms with Crippen LogP contribution < -0.4 is 5.32 Å². The van der Waals surface area contributed by atoms with E-state index in [2.05, 4.69) is 10.3 Å². The summed E-state index contributed by atoms with van der Waals surface area (Å²) in [6.45, 7) is 2.50. The smallest absolute Gasteiger partial charge is 0.372 e. The molecular weight excluding hydrogens is 244 g/mol. The monoisotopic (exact) mass is 260 g/mol. The number of carboxylic acids is 1. The van der Waals surface area contributed by atoms with E-state index < -0.39 is 5.97 Å². The molecule has 0 spiro atoms. The third-order valence-electron chi connectivity index (χ3n) is 2.82. The van der Waals surface area contributed by atoms with E-state index in [1.54, 1.807) is 12.3 Å². The van der Waals surface area contributed by atoms with Crippen LogP contribution in [0.3, 0.4) is 0 Å². The van der Waals surface area contributed by atoms with Crippen LogP contribution in [0.4, 0.5) is 0 Å². The third-order valence-corrected chi connectivity index (χ3v) is 2.82. The third kappa shape index (κ3) is 3.66. The molecule has 0 fully saturated rings. The van der Waals surface area contributed by atoms with Gasteiger partial charge in [-0.05, 0) is 25.1 Å². The maximum Gasteiger partial charge on any atom is 0.372 e. The standard InChI is InChI=1S/C14H16N2O3/c1-10(8-12-4-2-3-6-15-12)16-9-11-5-7-19-13(11)14(17)18/h2-7,10,16H,8-9H2,1H3,(H,17,18). The van der Waals surface area contributed by atoms with Gasteiger partial charge in [-0.15, -0.1) is 0 Å². The number of rotatable bonds is 6. The number of nitrogens with one attached hydrogen (secondary N) is 1. The molecule has 19 heavy (non-hydrogen) atoms. The van der Waals surface area contributed by atoms with Crippen LogP contribution in [0.15, 0.2) is 41.1 Å². The Balaban J connectivity index is 1.88. The van der Waals surface area contributed by atoms with E-state index in [0.29, 0.717) is 12.1 Å². The molecule has 0 bridgehead atoms. The zero-order chi connectivity index (χ0) is 13.7. The average molecular weight is 260 g/mol. The second-order valence-corrected chi connectivity index (χ2v) is 4.39. The summed E-state index contributed by atoms with van der Waals surface area (Å²) in [4.78, 5) is 15.1. The molecule has 0 saturated carbocycles. The average Bonchev–Trinajstić information content (AvgIpc) is 2.86. The molecule has 5 heteroatoms. The van der Waals surface area contributed by atoms with E-state index in [1.165, 1.54) is 6.26 Å². The van der Waals surface area contributed by atoms with Crippen LogP contribution in [-0.2, 0) is 13.0 Å². The first-order valence-corrected chi connectivity index (χ1v) is 6.09. The van der Waals surface area contributed by atoms with Crippen LogP contribution in [0.1, 0.15) is 28.7 Å². The lowest BCUT2D eigenvalue weighted by molar-refractivity contribution is 0.0660. The van der Waals surface area contributed by atoms with Gasteiger partial charge in [0.1, 0.15) is 0 Å². The Kier molecular flexibility index (Phi) is 4.30. The maximum absolute atomic E-state index is 10.9. The van der Waals surface area contributed by atoms with Crippen LogP contribution in [0, 0.1) is 0 Å². The molecule has 0 amide bonds. The topological polar surface area (TPSA) is 75.4 Å². The number of hydrogen-bond acceptors (Lipinski definition) is 4. The summed E-state index contributed by atoms with van der Waals surface area (Å²) in [5.41, 5.74) is 1.66. The molecule has 2 heterocycles. The Hall–Kier alpha value is -2.14. The second-order valence-electron chi connectivity index (χ2n) is 4.39. The number of carbonyl (C=O) groups is 1. The highest BCUT2D eigenvalue weighted by atomic mass is 16.4. The first kappa shape index (κ1) is 13.3. The molecule has 1 atom stereocenters. The van der Waals surface area contributed by atoms with Gasteiger partial charge < -0.3 is 14.8 Å². The molecule has 5 nitrogen and oxygen atoms in total. The predicted molar refractivity (Wildman–Crippen MR) is 69.9 cm³/mol. The Morgan fingerprint density at radius 2 is 2.32 bits per heavy atom. The Bertz CT molecular complexity index is 537. The molecule has 0 aliphatic rings. The van der Waals surface area contributed by atoms with Gasteiger partial charge in [-0.2, -0.15) is 0 Å². The highest BCUT2D eigenvalue weighted by Gasteiger charge is 2.14. The van der Waals surface area contributed by atoms with Crippen molar-refractivity contribution in [3.8, 4) is 0 Å². The molecule has 2 aromatic heterocycles. The van der Waals surface area contributed by atoms with Crippen molar-refractivity contribution in [3.05, 3.63) is 53.7 Å². The van der Waals surface area contributed by atoms with E-state index >= 15 is 0 Å². The van der Waals surface area contributed by atoms with Gasteiger partial charge in [-0.25, -0.2) is 4.79 Å². The van der Waals surface area contributed by atoms with Crippen molar-refractivity contribution >= 4 is 5.97 Å². The zero-order valence-corrected chi connectivity index (χ0v) is 10.7. The van der Waals surface area contributed by atoms with Gasteiger partial charge in [0.25, 0.3) is 0 Å². The van der Waals surface area contributed by atoms with Crippen molar-refractivity contribution in [1.82, 2.24) is 10.3 Å². The number of aromatic nitrogens is 1. The molecule has 2 rings (SSSR count). The molecule has 1 unspecified atom stereocenters. The van der Waals surface area contributed by atoms with E-state index in [4.69, 9.17) is 9.52 Å². The Labute approximate surface area is 111 Å². The number of carboxylic acid groups (broad SMARTS) is 1. The maximum atomic E-state index is 10.9. The summed E-state index contributed by atoms with van der Waals surface area (Å²) in [5.74, 6) is -1.04. The summed E-state index contributed by atoms with van der Waals surface area (Å²) < 4.78 is 4.92. The normalized spacial score (nSPS) is 12.3. The molecule has 0 aliphatic carbocycles. The lowest BCUT2D eigenvalue weighted by Crippen LogP contribution is -2.28. The zero-order valence-electron chi connectivity index (χ0n) is 10.7. The van der Waals surface area contributed by atoms with Gasteiger partial charge in [-0.1, -0.05) is 6.07 Å². The molecular formula is C14H16N2O3. The van der Waals surface area contributed by atoms with Gasteiger partial charge in [-0.3, -0.25) is 4.98 Å². The SMILES string of the molecule is CC(Cc1ccccn1)NCc1ccoc1C(=O)O. The Morgan fingerprint density at radius 3 is 3.00 bits per heavy atom. The minimum atomic E-state index is -1.04. The lowest BCUT2D eigenvalue weighted by atomic mass is 10.1. The Morgan fingerprint density at radius 1 is 1.47 bits per heavy atom. The van der Waals surface area contributed by atoms with Gasteiger partial charge in [0.2, 0.25) is 5.76 Å². The quantitative estimate of drug-likeness (QED) is 0.831. The summed E-state index contributed by atoms with van der Waals surface area (Å²) in [6, 6.07) is 7.68. The number of nitrogens with zero attached hydrogens (tertiary/aromatic N) is 1. The first-order chi connectivity index (χ1) is 9.16. The van der Waals surface area contributed by atoms with Crippen molar-refractivity contribution in [2.24, 2.45) is 0 Å². The van der Waals surface area contributed by atoms with Crippen LogP contribution in [0.25, 0.3) is 0 Å². The van der Waals surface area contributed by atoms with Crippen molar-refractivity contribution < 1.29 is 14.3 Å². The highest BCUT2D eigenvalue weighted by Crippen LogP contribution is 2.10. The van der Waals surface area contributed by atoms with E-state index in [1.807, 2.05) is 25.1 Å². The van der Waals surface area contributed by atoms with Gasteiger partial charge in [0.15, 0.2) is 0 Å². The molecule has 2 aromatic rings. The number of aromatic carboxylic acids is 1.